The highest BCUT2D eigenvalue weighted by Gasteiger charge is 2.19. The quantitative estimate of drug-likeness (QED) is 0.351. The van der Waals surface area contributed by atoms with Crippen LogP contribution < -0.4 is 0 Å². The van der Waals surface area contributed by atoms with E-state index in [4.69, 9.17) is 0 Å². The van der Waals surface area contributed by atoms with Crippen LogP contribution in [0.3, 0.4) is 0 Å². The molecule has 3 nitrogen and oxygen atoms in total. The summed E-state index contributed by atoms with van der Waals surface area (Å²) in [6.07, 6.45) is 0.758. The molecule has 1 unspecified atom stereocenters. The first kappa shape index (κ1) is 26.2. The summed E-state index contributed by atoms with van der Waals surface area (Å²) in [4.78, 5) is 14.6. The van der Waals surface area contributed by atoms with E-state index in [9.17, 15) is 27.5 Å². The number of carbonyl (C=O) groups is 1. The lowest BCUT2D eigenvalue weighted by molar-refractivity contribution is -0.110. The average molecular weight is 461 g/mol. The average Bonchev–Trinajstić information content (AvgIpc) is 2.72. The Morgan fingerprint density at radius 2 is 1.33 bits per heavy atom. The van der Waals surface area contributed by atoms with Gasteiger partial charge in [0.1, 0.15) is 29.6 Å². The Balaban J connectivity index is 0.000000257. The molecule has 3 aromatic rings. The number of aldehydes is 1. The van der Waals surface area contributed by atoms with Crippen molar-refractivity contribution < 1.29 is 27.5 Å². The Bertz CT molecular complexity index is 1030. The van der Waals surface area contributed by atoms with Crippen molar-refractivity contribution in [2.75, 3.05) is 0 Å². The molecule has 0 saturated carbocycles. The summed E-state index contributed by atoms with van der Waals surface area (Å²) in [6, 6.07) is 12.1. The molecule has 0 aliphatic heterocycles. The fourth-order valence-electron chi connectivity index (χ4n) is 3.38. The molecule has 0 aliphatic carbocycles. The van der Waals surface area contributed by atoms with Crippen LogP contribution in [-0.4, -0.2) is 16.4 Å². The van der Waals surface area contributed by atoms with Crippen LogP contribution in [0.2, 0.25) is 0 Å². The summed E-state index contributed by atoms with van der Waals surface area (Å²) in [6.45, 7) is 5.39. The summed E-state index contributed by atoms with van der Waals surface area (Å²) >= 11 is 0. The number of halogens is 4. The minimum absolute atomic E-state index is 0.189. The van der Waals surface area contributed by atoms with Gasteiger partial charge in [-0.05, 0) is 73.2 Å². The van der Waals surface area contributed by atoms with Gasteiger partial charge in [-0.25, -0.2) is 17.6 Å². The monoisotopic (exact) mass is 461 g/mol. The number of aliphatic hydroxyl groups excluding tert-OH is 1. The molecule has 2 aromatic carbocycles. The largest absolute Gasteiger partial charge is 0.387 e. The maximum absolute atomic E-state index is 13.1. The lowest BCUT2D eigenvalue weighted by atomic mass is 9.93. The SMILES string of the molecule is C[C@H](C=O)Cc1cc(F)cc(F)c1.Cc1cccc(C(O)[C@@H](C)Cc2cc(F)cc(F)c2)n1. The van der Waals surface area contributed by atoms with Gasteiger partial charge in [0.05, 0.1) is 11.8 Å². The van der Waals surface area contributed by atoms with E-state index in [1.807, 2.05) is 26.0 Å². The molecule has 0 saturated heterocycles. The van der Waals surface area contributed by atoms with E-state index in [1.54, 1.807) is 13.0 Å². The van der Waals surface area contributed by atoms with Crippen molar-refractivity contribution in [2.24, 2.45) is 11.8 Å². The molecule has 0 fully saturated rings. The number of aromatic nitrogens is 1. The van der Waals surface area contributed by atoms with Gasteiger partial charge < -0.3 is 9.90 Å². The maximum Gasteiger partial charge on any atom is 0.126 e. The van der Waals surface area contributed by atoms with Gasteiger partial charge in [0, 0.05) is 23.7 Å². The molecule has 0 radical (unpaired) electrons. The van der Waals surface area contributed by atoms with Crippen LogP contribution in [0.15, 0.2) is 54.6 Å². The molecule has 3 rings (SSSR count). The van der Waals surface area contributed by atoms with Gasteiger partial charge >= 0.3 is 0 Å². The third kappa shape index (κ3) is 8.77. The Morgan fingerprint density at radius 1 is 0.848 bits per heavy atom. The van der Waals surface area contributed by atoms with Crippen molar-refractivity contribution in [3.8, 4) is 0 Å². The van der Waals surface area contributed by atoms with E-state index in [0.29, 0.717) is 29.7 Å². The highest BCUT2D eigenvalue weighted by Crippen LogP contribution is 2.24. The first-order valence-corrected chi connectivity index (χ1v) is 10.5. The molecule has 1 aromatic heterocycles. The summed E-state index contributed by atoms with van der Waals surface area (Å²) in [7, 11) is 0. The van der Waals surface area contributed by atoms with Gasteiger partial charge in [-0.15, -0.1) is 0 Å². The third-order valence-electron chi connectivity index (χ3n) is 4.94. The smallest absolute Gasteiger partial charge is 0.126 e. The van der Waals surface area contributed by atoms with Gasteiger partial charge in [0.25, 0.3) is 0 Å². The molecule has 3 atom stereocenters. The fourth-order valence-corrected chi connectivity index (χ4v) is 3.38. The number of carbonyl (C=O) groups excluding carboxylic acids is 1. The van der Waals surface area contributed by atoms with E-state index in [-0.39, 0.29) is 11.8 Å². The van der Waals surface area contributed by atoms with Crippen molar-refractivity contribution >= 4 is 6.29 Å². The lowest BCUT2D eigenvalue weighted by Crippen LogP contribution is -2.14. The fraction of sp³-hybridized carbons (Fsp3) is 0.308. The number of pyridine rings is 1. The van der Waals surface area contributed by atoms with E-state index in [0.717, 1.165) is 24.1 Å². The van der Waals surface area contributed by atoms with Crippen LogP contribution >= 0.6 is 0 Å². The molecular weight excluding hydrogens is 434 g/mol. The molecular formula is C26H27F4NO2. The van der Waals surface area contributed by atoms with Crippen molar-refractivity contribution in [3.63, 3.8) is 0 Å². The predicted octanol–water partition coefficient (Wildman–Crippen LogP) is 5.92. The first-order valence-electron chi connectivity index (χ1n) is 10.5. The van der Waals surface area contributed by atoms with Gasteiger partial charge in [-0.3, -0.25) is 4.98 Å². The zero-order valence-corrected chi connectivity index (χ0v) is 18.7. The molecule has 176 valence electrons. The van der Waals surface area contributed by atoms with E-state index in [1.165, 1.54) is 24.3 Å². The summed E-state index contributed by atoms with van der Waals surface area (Å²) < 4.78 is 51.6. The van der Waals surface area contributed by atoms with Gasteiger partial charge in [0.2, 0.25) is 0 Å². The van der Waals surface area contributed by atoms with E-state index >= 15 is 0 Å². The number of aliphatic hydroxyl groups is 1. The number of hydrogen-bond acceptors (Lipinski definition) is 3. The van der Waals surface area contributed by atoms with E-state index < -0.39 is 29.4 Å². The molecule has 7 heteroatoms. The Morgan fingerprint density at radius 3 is 1.79 bits per heavy atom. The van der Waals surface area contributed by atoms with E-state index in [2.05, 4.69) is 4.98 Å². The molecule has 0 bridgehead atoms. The minimum atomic E-state index is -0.763. The second-order valence-corrected chi connectivity index (χ2v) is 8.20. The van der Waals surface area contributed by atoms with Crippen LogP contribution in [0.4, 0.5) is 17.6 Å². The third-order valence-corrected chi connectivity index (χ3v) is 4.94. The second-order valence-electron chi connectivity index (χ2n) is 8.20. The number of hydrogen-bond donors (Lipinski definition) is 1. The zero-order valence-electron chi connectivity index (χ0n) is 18.7. The number of rotatable bonds is 7. The van der Waals surface area contributed by atoms with Crippen molar-refractivity contribution in [1.82, 2.24) is 4.98 Å². The Kier molecular flexibility index (Phi) is 9.73. The van der Waals surface area contributed by atoms with Crippen molar-refractivity contribution in [2.45, 2.75) is 39.7 Å². The first-order chi connectivity index (χ1) is 15.6. The van der Waals surface area contributed by atoms with Crippen LogP contribution in [0, 0.1) is 42.0 Å². The Labute approximate surface area is 191 Å². The van der Waals surface area contributed by atoms with Crippen molar-refractivity contribution in [1.29, 1.82) is 0 Å². The second kappa shape index (κ2) is 12.3. The highest BCUT2D eigenvalue weighted by molar-refractivity contribution is 5.53. The van der Waals surface area contributed by atoms with Crippen LogP contribution in [0.1, 0.15) is 42.5 Å². The molecule has 33 heavy (non-hydrogen) atoms. The summed E-state index contributed by atoms with van der Waals surface area (Å²) in [5, 5.41) is 10.3. The molecule has 0 spiro atoms. The molecule has 1 N–H and O–H groups in total. The maximum atomic E-state index is 13.1. The summed E-state index contributed by atoms with van der Waals surface area (Å²) in [5.41, 5.74) is 2.44. The minimum Gasteiger partial charge on any atom is -0.387 e. The number of aryl methyl sites for hydroxylation is 1. The topological polar surface area (TPSA) is 50.2 Å². The number of benzene rings is 2. The summed E-state index contributed by atoms with van der Waals surface area (Å²) in [5.74, 6) is -2.81. The van der Waals surface area contributed by atoms with Crippen LogP contribution in [0.5, 0.6) is 0 Å². The van der Waals surface area contributed by atoms with Gasteiger partial charge in [0.15, 0.2) is 0 Å². The molecule has 1 heterocycles. The van der Waals surface area contributed by atoms with Crippen LogP contribution in [0.25, 0.3) is 0 Å². The van der Waals surface area contributed by atoms with Crippen molar-refractivity contribution in [3.05, 3.63) is 100 Å². The normalized spacial score (nSPS) is 13.5. The Hall–Kier alpha value is -3.06. The number of nitrogens with zero attached hydrogens (tertiary/aromatic N) is 1. The molecule has 0 amide bonds. The van der Waals surface area contributed by atoms with Gasteiger partial charge in [-0.2, -0.15) is 0 Å². The van der Waals surface area contributed by atoms with Crippen LogP contribution in [-0.2, 0) is 17.6 Å². The predicted molar refractivity (Wildman–Crippen MR) is 118 cm³/mol. The zero-order chi connectivity index (χ0) is 24.5. The highest BCUT2D eigenvalue weighted by atomic mass is 19.1. The standard InChI is InChI=1S/C16H17F2NO.C10H10F2O/c1-10(6-12-7-13(17)9-14(18)8-12)16(20)15-5-3-4-11(2)19-15;1-7(6-13)2-8-3-9(11)5-10(12)4-8/h3-5,7-10,16,20H,6H2,1-2H3;3-7H,2H2,1H3/t10-,16?;7-/m00/s1. The van der Waals surface area contributed by atoms with Gasteiger partial charge in [-0.1, -0.05) is 19.9 Å². The molecule has 0 aliphatic rings. The lowest BCUT2D eigenvalue weighted by Gasteiger charge is -2.19.